The third-order valence-corrected chi connectivity index (χ3v) is 1.26. The molecular formula is C10H13Cl. The Morgan fingerprint density at radius 2 is 1.91 bits per heavy atom. The lowest BCUT2D eigenvalue weighted by molar-refractivity contribution is 1.44. The largest absolute Gasteiger partial charge is 0.0955 e. The lowest BCUT2D eigenvalue weighted by atomic mass is 10.1. The molecule has 0 saturated carbocycles. The second-order valence-corrected chi connectivity index (χ2v) is 2.81. The van der Waals surface area contributed by atoms with Gasteiger partial charge in [-0.05, 0) is 25.5 Å². The summed E-state index contributed by atoms with van der Waals surface area (Å²) in [6, 6.07) is 0. The molecule has 0 aliphatic carbocycles. The topological polar surface area (TPSA) is 0 Å². The Morgan fingerprint density at radius 1 is 1.36 bits per heavy atom. The monoisotopic (exact) mass is 168 g/mol. The Kier molecular flexibility index (Phi) is 4.64. The fourth-order valence-electron chi connectivity index (χ4n) is 0.662. The van der Waals surface area contributed by atoms with Crippen molar-refractivity contribution < 1.29 is 0 Å². The first-order chi connectivity index (χ1) is 5.07. The molecule has 0 atom stereocenters. The maximum Gasteiger partial charge on any atom is 0.0340 e. The maximum atomic E-state index is 5.61. The van der Waals surface area contributed by atoms with E-state index in [-0.39, 0.29) is 0 Å². The van der Waals surface area contributed by atoms with Crippen LogP contribution >= 0.6 is 11.6 Å². The molecule has 0 radical (unpaired) electrons. The molecule has 0 saturated heterocycles. The van der Waals surface area contributed by atoms with Crippen LogP contribution in [0.1, 0.15) is 13.8 Å². The van der Waals surface area contributed by atoms with Crippen molar-refractivity contribution in [2.45, 2.75) is 13.8 Å². The number of allylic oxidation sites excluding steroid dienone is 6. The molecule has 0 bridgehead atoms. The van der Waals surface area contributed by atoms with E-state index in [1.165, 1.54) is 0 Å². The van der Waals surface area contributed by atoms with E-state index < -0.39 is 0 Å². The highest BCUT2D eigenvalue weighted by atomic mass is 35.5. The molecule has 11 heavy (non-hydrogen) atoms. The molecule has 0 amide bonds. The van der Waals surface area contributed by atoms with Gasteiger partial charge in [0.05, 0.1) is 0 Å². The van der Waals surface area contributed by atoms with Gasteiger partial charge in [-0.2, -0.15) is 0 Å². The summed E-state index contributed by atoms with van der Waals surface area (Å²) in [7, 11) is 0. The van der Waals surface area contributed by atoms with Crippen molar-refractivity contribution >= 4 is 11.6 Å². The van der Waals surface area contributed by atoms with Crippen molar-refractivity contribution in [2.24, 2.45) is 0 Å². The van der Waals surface area contributed by atoms with Crippen molar-refractivity contribution in [3.8, 4) is 0 Å². The first-order valence-electron chi connectivity index (χ1n) is 3.42. The second-order valence-electron chi connectivity index (χ2n) is 2.33. The van der Waals surface area contributed by atoms with Crippen LogP contribution in [0.3, 0.4) is 0 Å². The Morgan fingerprint density at radius 3 is 2.18 bits per heavy atom. The van der Waals surface area contributed by atoms with Crippen LogP contribution in [-0.4, -0.2) is 0 Å². The van der Waals surface area contributed by atoms with Gasteiger partial charge in [0.15, 0.2) is 0 Å². The summed E-state index contributed by atoms with van der Waals surface area (Å²) >= 11 is 5.61. The molecule has 0 aromatic carbocycles. The van der Waals surface area contributed by atoms with Crippen molar-refractivity contribution in [3.05, 3.63) is 47.6 Å². The third-order valence-electron chi connectivity index (χ3n) is 1.15. The summed E-state index contributed by atoms with van der Waals surface area (Å²) in [5.74, 6) is 0. The fraction of sp³-hybridized carbons (Fsp3) is 0.200. The SMILES string of the molecule is C=C(Cl)/C=C(\C=C/C)C(=C)C. The summed E-state index contributed by atoms with van der Waals surface area (Å²) in [5.41, 5.74) is 2.01. The second kappa shape index (κ2) is 4.97. The molecule has 0 spiro atoms. The Bertz CT molecular complexity index is 219. The van der Waals surface area contributed by atoms with Gasteiger partial charge in [-0.3, -0.25) is 0 Å². The number of halogens is 1. The van der Waals surface area contributed by atoms with Gasteiger partial charge < -0.3 is 0 Å². The van der Waals surface area contributed by atoms with E-state index in [1.807, 2.05) is 26.0 Å². The van der Waals surface area contributed by atoms with Crippen LogP contribution in [0.5, 0.6) is 0 Å². The summed E-state index contributed by atoms with van der Waals surface area (Å²) in [4.78, 5) is 0. The Hall–Kier alpha value is -0.750. The minimum atomic E-state index is 0.529. The van der Waals surface area contributed by atoms with E-state index in [2.05, 4.69) is 13.2 Å². The molecule has 60 valence electrons. The summed E-state index contributed by atoms with van der Waals surface area (Å²) in [6.45, 7) is 11.3. The van der Waals surface area contributed by atoms with Gasteiger partial charge in [-0.25, -0.2) is 0 Å². The molecule has 0 heterocycles. The van der Waals surface area contributed by atoms with E-state index >= 15 is 0 Å². The van der Waals surface area contributed by atoms with Gasteiger partial charge in [0, 0.05) is 5.03 Å². The van der Waals surface area contributed by atoms with Gasteiger partial charge in [-0.1, -0.05) is 42.5 Å². The lowest BCUT2D eigenvalue weighted by Gasteiger charge is -1.98. The highest BCUT2D eigenvalue weighted by molar-refractivity contribution is 6.30. The maximum absolute atomic E-state index is 5.61. The summed E-state index contributed by atoms with van der Waals surface area (Å²) in [5, 5.41) is 0.529. The predicted molar refractivity (Wildman–Crippen MR) is 52.7 cm³/mol. The van der Waals surface area contributed by atoms with Crippen LogP contribution in [0.2, 0.25) is 0 Å². The number of hydrogen-bond donors (Lipinski definition) is 0. The fourth-order valence-corrected chi connectivity index (χ4v) is 0.779. The van der Waals surface area contributed by atoms with Crippen molar-refractivity contribution in [2.75, 3.05) is 0 Å². The highest BCUT2D eigenvalue weighted by Gasteiger charge is 1.91. The van der Waals surface area contributed by atoms with E-state index in [0.717, 1.165) is 11.1 Å². The Balaban J connectivity index is 4.59. The minimum Gasteiger partial charge on any atom is -0.0955 e. The quantitative estimate of drug-likeness (QED) is 0.562. The van der Waals surface area contributed by atoms with E-state index in [0.29, 0.717) is 5.03 Å². The number of hydrogen-bond acceptors (Lipinski definition) is 0. The van der Waals surface area contributed by atoms with Gasteiger partial charge in [0.2, 0.25) is 0 Å². The zero-order chi connectivity index (χ0) is 8.85. The molecule has 0 aromatic rings. The smallest absolute Gasteiger partial charge is 0.0340 e. The molecule has 1 heteroatoms. The van der Waals surface area contributed by atoms with E-state index in [9.17, 15) is 0 Å². The predicted octanol–water partition coefficient (Wildman–Crippen LogP) is 3.82. The average Bonchev–Trinajstić information content (AvgIpc) is 1.86. The molecule has 0 fully saturated rings. The molecule has 0 N–H and O–H groups in total. The van der Waals surface area contributed by atoms with E-state index in [1.54, 1.807) is 6.08 Å². The van der Waals surface area contributed by atoms with Crippen molar-refractivity contribution in [3.63, 3.8) is 0 Å². The molecule has 0 nitrogen and oxygen atoms in total. The zero-order valence-electron chi connectivity index (χ0n) is 7.02. The van der Waals surface area contributed by atoms with Gasteiger partial charge in [0.25, 0.3) is 0 Å². The molecule has 0 aliphatic rings. The van der Waals surface area contributed by atoms with Crippen LogP contribution in [0.25, 0.3) is 0 Å². The lowest BCUT2D eigenvalue weighted by Crippen LogP contribution is -1.78. The van der Waals surface area contributed by atoms with Gasteiger partial charge in [-0.15, -0.1) is 0 Å². The first-order valence-corrected chi connectivity index (χ1v) is 3.80. The Labute approximate surface area is 73.6 Å². The molecule has 0 aromatic heterocycles. The van der Waals surface area contributed by atoms with Crippen LogP contribution in [-0.2, 0) is 0 Å². The van der Waals surface area contributed by atoms with Crippen LogP contribution in [0.4, 0.5) is 0 Å². The van der Waals surface area contributed by atoms with Gasteiger partial charge in [0.1, 0.15) is 0 Å². The third kappa shape index (κ3) is 4.63. The molecule has 0 rings (SSSR count). The van der Waals surface area contributed by atoms with Crippen LogP contribution < -0.4 is 0 Å². The highest BCUT2D eigenvalue weighted by Crippen LogP contribution is 2.12. The van der Waals surface area contributed by atoms with E-state index in [4.69, 9.17) is 11.6 Å². The van der Waals surface area contributed by atoms with Crippen molar-refractivity contribution in [1.82, 2.24) is 0 Å². The normalized spacial score (nSPS) is 12.1. The summed E-state index contributed by atoms with van der Waals surface area (Å²) < 4.78 is 0. The molecular weight excluding hydrogens is 156 g/mol. The average molecular weight is 169 g/mol. The van der Waals surface area contributed by atoms with Crippen LogP contribution in [0.15, 0.2) is 47.6 Å². The first kappa shape index (κ1) is 10.2. The molecule has 0 aliphatic heterocycles. The summed E-state index contributed by atoms with van der Waals surface area (Å²) in [6.07, 6.45) is 5.69. The van der Waals surface area contributed by atoms with Crippen molar-refractivity contribution in [1.29, 1.82) is 0 Å². The number of rotatable bonds is 3. The zero-order valence-corrected chi connectivity index (χ0v) is 7.78. The minimum absolute atomic E-state index is 0.529. The van der Waals surface area contributed by atoms with Crippen LogP contribution in [0, 0.1) is 0 Å². The standard InChI is InChI=1S/C10H13Cl/c1-5-6-10(8(2)3)7-9(4)11/h5-7H,2,4H2,1,3H3/b6-5-,10-7+. The molecule has 0 unspecified atom stereocenters. The van der Waals surface area contributed by atoms with Gasteiger partial charge >= 0.3 is 0 Å².